The van der Waals surface area contributed by atoms with Crippen molar-refractivity contribution in [3.63, 3.8) is 0 Å². The minimum atomic E-state index is -4.04. The minimum Gasteiger partial charge on any atom is -0.383 e. The molecule has 2 unspecified atom stereocenters. The molecule has 1 aliphatic rings. The molecular weight excluding hydrogens is 496 g/mol. The zero-order valence-corrected chi connectivity index (χ0v) is 20.3. The van der Waals surface area contributed by atoms with E-state index in [1.54, 1.807) is 6.92 Å². The summed E-state index contributed by atoms with van der Waals surface area (Å²) in [5, 5.41) is 0. The molecule has 0 radical (unpaired) electrons. The fourth-order valence-corrected chi connectivity index (χ4v) is 4.24. The van der Waals surface area contributed by atoms with Crippen LogP contribution in [0.2, 0.25) is 0 Å². The van der Waals surface area contributed by atoms with Crippen molar-refractivity contribution in [2.75, 3.05) is 39.8 Å². The largest absolute Gasteiger partial charge is 0.383 e. The number of nitrogens with two attached hydrogens (primary N) is 1. The topological polar surface area (TPSA) is 177 Å². The predicted molar refractivity (Wildman–Crippen MR) is 116 cm³/mol. The number of anilines is 1. The van der Waals surface area contributed by atoms with Crippen LogP contribution in [-0.2, 0) is 51.4 Å². The van der Waals surface area contributed by atoms with E-state index in [1.165, 1.54) is 20.4 Å². The molecule has 1 aromatic heterocycles. The number of nitrogens with zero attached hydrogens (tertiary/aromatic N) is 2. The smallest absolute Gasteiger partial charge is 0.351 e. The highest BCUT2D eigenvalue weighted by Gasteiger charge is 2.50. The van der Waals surface area contributed by atoms with E-state index in [0.29, 0.717) is 5.56 Å². The number of methoxy groups -OCH3 is 1. The molecule has 1 aliphatic heterocycles. The third-order valence-electron chi connectivity index (χ3n) is 4.22. The summed E-state index contributed by atoms with van der Waals surface area (Å²) in [6, 6.07) is 0. The van der Waals surface area contributed by atoms with Gasteiger partial charge in [-0.05, 0) is 30.5 Å². The normalized spacial score (nSPS) is 26.1. The molecule has 13 nitrogen and oxygen atoms in total. The number of hydrogen-bond donors (Lipinski definition) is 4. The van der Waals surface area contributed by atoms with Crippen LogP contribution in [0.25, 0.3) is 0 Å². The van der Waals surface area contributed by atoms with E-state index in [0.717, 1.165) is 4.57 Å². The maximum atomic E-state index is 12.5. The molecule has 0 bridgehead atoms. The van der Waals surface area contributed by atoms with Gasteiger partial charge in [0.2, 0.25) is 0 Å². The molecule has 5 atom stereocenters. The lowest BCUT2D eigenvalue weighted by molar-refractivity contribution is -0.0807. The Morgan fingerprint density at radius 1 is 1.26 bits per heavy atom. The van der Waals surface area contributed by atoms with Crippen LogP contribution in [0.4, 0.5) is 5.82 Å². The number of hydrogen-bond acceptors (Lipinski definition) is 11. The van der Waals surface area contributed by atoms with E-state index in [2.05, 4.69) is 16.8 Å². The summed E-state index contributed by atoms with van der Waals surface area (Å²) in [5.41, 5.74) is 5.47. The van der Waals surface area contributed by atoms with Gasteiger partial charge in [0.1, 0.15) is 24.1 Å². The van der Waals surface area contributed by atoms with Gasteiger partial charge >= 0.3 is 19.1 Å². The molecule has 178 valence electrons. The van der Waals surface area contributed by atoms with E-state index in [4.69, 9.17) is 45.3 Å². The van der Waals surface area contributed by atoms with Crippen molar-refractivity contribution in [1.82, 2.24) is 9.55 Å². The van der Waals surface area contributed by atoms with Crippen LogP contribution in [-0.4, -0.2) is 76.6 Å². The van der Waals surface area contributed by atoms with Gasteiger partial charge in [0, 0.05) is 26.0 Å². The molecule has 31 heavy (non-hydrogen) atoms. The fraction of sp³-hybridized carbons (Fsp3) is 0.714. The Morgan fingerprint density at radius 2 is 1.94 bits per heavy atom. The number of aromatic nitrogens is 2. The van der Waals surface area contributed by atoms with E-state index >= 15 is 0 Å². The molecule has 1 fully saturated rings. The lowest BCUT2D eigenvalue weighted by Gasteiger charge is -2.27. The van der Waals surface area contributed by atoms with E-state index in [-0.39, 0.29) is 19.0 Å². The molecule has 0 spiro atoms. The summed E-state index contributed by atoms with van der Waals surface area (Å²) in [7, 11) is 2.64. The molecule has 0 aliphatic carbocycles. The van der Waals surface area contributed by atoms with Crippen molar-refractivity contribution >= 4 is 42.9 Å². The standard InChI is InChI=1S/C14H25N3O10P2S2/c1-8-6-17(14(18)16-12(8)15)13-11(24-5-4-22-2)10(27-29(21,31)23-3)9(26-13)7-25-28(19,20)30/h6,9-11,13H,4-5,7H2,1-3H3,(H,21,31)(H2,15,16,18)(H2,19,20,30)/t9-,10+,11?,13-,29?/m1/s1. The maximum absolute atomic E-state index is 12.5. The van der Waals surface area contributed by atoms with Crippen LogP contribution < -0.4 is 11.4 Å². The van der Waals surface area contributed by atoms with Gasteiger partial charge < -0.3 is 43.7 Å². The van der Waals surface area contributed by atoms with Crippen molar-refractivity contribution in [1.29, 1.82) is 0 Å². The zero-order valence-electron chi connectivity index (χ0n) is 16.9. The van der Waals surface area contributed by atoms with Gasteiger partial charge in [0.15, 0.2) is 6.23 Å². The van der Waals surface area contributed by atoms with Gasteiger partial charge in [-0.2, -0.15) is 4.98 Å². The second kappa shape index (κ2) is 11.2. The monoisotopic (exact) mass is 521 g/mol. The van der Waals surface area contributed by atoms with Crippen LogP contribution in [0.1, 0.15) is 11.8 Å². The SMILES string of the molecule is COCCOC1[C@@H](OP(O)(=S)OC)[C@@H](COP(O)(O)=S)O[C@H]1n1cc(C)c(N)nc1=O. The number of nitrogen functional groups attached to an aromatic ring is 1. The number of rotatable bonds is 11. The van der Waals surface area contributed by atoms with Gasteiger partial charge in [-0.1, -0.05) is 0 Å². The first kappa shape index (κ1) is 26.9. The molecule has 0 aromatic carbocycles. The van der Waals surface area contributed by atoms with Gasteiger partial charge in [0.05, 0.1) is 19.8 Å². The molecule has 0 amide bonds. The zero-order chi connectivity index (χ0) is 23.4. The second-order valence-electron chi connectivity index (χ2n) is 6.40. The predicted octanol–water partition coefficient (Wildman–Crippen LogP) is -0.463. The average Bonchev–Trinajstić information content (AvgIpc) is 2.99. The van der Waals surface area contributed by atoms with E-state index < -0.39 is 50.3 Å². The van der Waals surface area contributed by atoms with Crippen molar-refractivity contribution in [3.8, 4) is 0 Å². The second-order valence-corrected chi connectivity index (χ2v) is 12.0. The van der Waals surface area contributed by atoms with Crippen molar-refractivity contribution in [3.05, 3.63) is 22.2 Å². The molecule has 5 N–H and O–H groups in total. The summed E-state index contributed by atoms with van der Waals surface area (Å²) in [6.45, 7) is -6.29. The van der Waals surface area contributed by atoms with Gasteiger partial charge in [-0.15, -0.1) is 0 Å². The third-order valence-corrected chi connectivity index (χ3v) is 6.70. The highest BCUT2D eigenvalue weighted by molar-refractivity contribution is 8.07. The summed E-state index contributed by atoms with van der Waals surface area (Å²) in [6.07, 6.45) is -2.92. The Hall–Kier alpha value is -0.380. The minimum absolute atomic E-state index is 0.0512. The van der Waals surface area contributed by atoms with Crippen LogP contribution in [0.3, 0.4) is 0 Å². The Labute approximate surface area is 188 Å². The first-order valence-electron chi connectivity index (χ1n) is 8.77. The van der Waals surface area contributed by atoms with Crippen LogP contribution in [0.15, 0.2) is 11.0 Å². The number of aryl methyl sites for hydroxylation is 1. The number of ether oxygens (including phenoxy) is 3. The first-order valence-corrected chi connectivity index (χ1v) is 14.0. The summed E-state index contributed by atoms with van der Waals surface area (Å²) < 4.78 is 33.1. The van der Waals surface area contributed by atoms with Crippen LogP contribution >= 0.6 is 13.4 Å². The van der Waals surface area contributed by atoms with Crippen molar-refractivity contribution < 1.29 is 42.5 Å². The molecule has 1 saturated heterocycles. The fourth-order valence-electron chi connectivity index (χ4n) is 2.77. The molecule has 2 heterocycles. The average molecular weight is 521 g/mol. The highest BCUT2D eigenvalue weighted by atomic mass is 32.5. The Morgan fingerprint density at radius 3 is 2.52 bits per heavy atom. The Balaban J connectivity index is 2.46. The summed E-state index contributed by atoms with van der Waals surface area (Å²) in [4.78, 5) is 45.3. The molecular formula is C14H25N3O10P2S2. The van der Waals surface area contributed by atoms with Crippen molar-refractivity contribution in [2.45, 2.75) is 31.5 Å². The summed E-state index contributed by atoms with van der Waals surface area (Å²) >= 11 is 9.40. The Bertz CT molecular complexity index is 913. The quantitative estimate of drug-likeness (QED) is 0.217. The molecule has 1 aromatic rings. The lowest BCUT2D eigenvalue weighted by atomic mass is 10.1. The summed E-state index contributed by atoms with van der Waals surface area (Å²) in [5.74, 6) is 0.0512. The molecule has 17 heteroatoms. The lowest BCUT2D eigenvalue weighted by Crippen LogP contribution is -2.40. The first-order chi connectivity index (χ1) is 14.4. The van der Waals surface area contributed by atoms with Crippen LogP contribution in [0.5, 0.6) is 0 Å². The third kappa shape index (κ3) is 7.57. The Kier molecular flexibility index (Phi) is 9.68. The highest BCUT2D eigenvalue weighted by Crippen LogP contribution is 2.49. The van der Waals surface area contributed by atoms with E-state index in [1.807, 2.05) is 0 Å². The molecule has 0 saturated carbocycles. The molecule has 2 rings (SSSR count). The van der Waals surface area contributed by atoms with Crippen LogP contribution in [0, 0.1) is 6.92 Å². The maximum Gasteiger partial charge on any atom is 0.351 e. The van der Waals surface area contributed by atoms with Gasteiger partial charge in [-0.3, -0.25) is 9.09 Å². The van der Waals surface area contributed by atoms with Gasteiger partial charge in [0.25, 0.3) is 0 Å². The van der Waals surface area contributed by atoms with Gasteiger partial charge in [-0.25, -0.2) is 4.79 Å². The van der Waals surface area contributed by atoms with Crippen molar-refractivity contribution in [2.24, 2.45) is 0 Å². The van der Waals surface area contributed by atoms with E-state index in [9.17, 15) is 19.5 Å².